The quantitative estimate of drug-likeness (QED) is 0.468. The average Bonchev–Trinajstić information content (AvgIpc) is 1.96. The van der Waals surface area contributed by atoms with Gasteiger partial charge in [0.1, 0.15) is 0 Å². The number of hydrogen-bond donors (Lipinski definition) is 2. The Balaban J connectivity index is 2.85. The standard InChI is InChI=1S/C8H16OS2/c9-8(11)6-4-2-1-3-5-7-10/h10H,1-7H2,(H,9,11). The Morgan fingerprint density at radius 1 is 1.00 bits per heavy atom. The predicted octanol–water partition coefficient (Wildman–Crippen LogP) is 2.71. The summed E-state index contributed by atoms with van der Waals surface area (Å²) in [5.41, 5.74) is 0. The largest absolute Gasteiger partial charge is 0.288 e. The highest BCUT2D eigenvalue weighted by molar-refractivity contribution is 7.96. The second-order valence-corrected chi connectivity index (χ2v) is 3.58. The molecule has 0 aliphatic carbocycles. The van der Waals surface area contributed by atoms with E-state index < -0.39 is 0 Å². The van der Waals surface area contributed by atoms with Crippen LogP contribution in [0.4, 0.5) is 0 Å². The first kappa shape index (κ1) is 11.4. The molecule has 0 atom stereocenters. The molecule has 1 nitrogen and oxygen atoms in total. The zero-order chi connectivity index (χ0) is 8.53. The number of hydrogen-bond acceptors (Lipinski definition) is 2. The van der Waals surface area contributed by atoms with E-state index in [1.165, 1.54) is 19.3 Å². The van der Waals surface area contributed by atoms with E-state index in [1.807, 2.05) is 0 Å². The maximum absolute atomic E-state index is 10.4. The van der Waals surface area contributed by atoms with Crippen molar-refractivity contribution in [1.82, 2.24) is 0 Å². The first-order chi connectivity index (χ1) is 5.27. The van der Waals surface area contributed by atoms with Crippen molar-refractivity contribution >= 4 is 30.4 Å². The van der Waals surface area contributed by atoms with Gasteiger partial charge in [0, 0.05) is 6.42 Å². The Kier molecular flexibility index (Phi) is 8.75. The lowest BCUT2D eigenvalue weighted by Gasteiger charge is -1.97. The van der Waals surface area contributed by atoms with Crippen molar-refractivity contribution in [1.29, 1.82) is 0 Å². The molecule has 0 fully saturated rings. The van der Waals surface area contributed by atoms with E-state index >= 15 is 0 Å². The van der Waals surface area contributed by atoms with Gasteiger partial charge < -0.3 is 0 Å². The Labute approximate surface area is 79.8 Å². The molecule has 66 valence electrons. The highest BCUT2D eigenvalue weighted by atomic mass is 32.1. The molecule has 0 N–H and O–H groups in total. The Bertz CT molecular complexity index is 104. The van der Waals surface area contributed by atoms with Crippen LogP contribution in [0.2, 0.25) is 0 Å². The Morgan fingerprint density at radius 2 is 1.55 bits per heavy atom. The van der Waals surface area contributed by atoms with Crippen LogP contribution in [-0.4, -0.2) is 10.9 Å². The van der Waals surface area contributed by atoms with Gasteiger partial charge in [-0.05, 0) is 18.6 Å². The number of carbonyl (C=O) groups is 1. The van der Waals surface area contributed by atoms with E-state index in [2.05, 4.69) is 25.3 Å². The third-order valence-electron chi connectivity index (χ3n) is 1.55. The molecule has 11 heavy (non-hydrogen) atoms. The fourth-order valence-corrected chi connectivity index (χ4v) is 1.30. The molecule has 0 radical (unpaired) electrons. The first-order valence-electron chi connectivity index (χ1n) is 4.10. The highest BCUT2D eigenvalue weighted by Crippen LogP contribution is 2.06. The zero-order valence-corrected chi connectivity index (χ0v) is 8.54. The monoisotopic (exact) mass is 192 g/mol. The summed E-state index contributed by atoms with van der Waals surface area (Å²) in [5.74, 6) is 0.978. The van der Waals surface area contributed by atoms with Crippen LogP contribution in [0.5, 0.6) is 0 Å². The molecule has 0 bridgehead atoms. The lowest BCUT2D eigenvalue weighted by atomic mass is 10.1. The summed E-state index contributed by atoms with van der Waals surface area (Å²) in [6, 6.07) is 0. The second-order valence-electron chi connectivity index (χ2n) is 2.64. The van der Waals surface area contributed by atoms with Crippen molar-refractivity contribution in [3.8, 4) is 0 Å². The third-order valence-corrected chi connectivity index (χ3v) is 2.09. The van der Waals surface area contributed by atoms with Gasteiger partial charge in [0.15, 0.2) is 5.12 Å². The van der Waals surface area contributed by atoms with Crippen molar-refractivity contribution in [2.75, 3.05) is 5.75 Å². The topological polar surface area (TPSA) is 17.1 Å². The second kappa shape index (κ2) is 8.47. The molecule has 0 aliphatic rings. The summed E-state index contributed by atoms with van der Waals surface area (Å²) >= 11 is 7.80. The maximum atomic E-state index is 10.4. The summed E-state index contributed by atoms with van der Waals surface area (Å²) in [6.45, 7) is 0. The van der Waals surface area contributed by atoms with Crippen molar-refractivity contribution in [3.05, 3.63) is 0 Å². The van der Waals surface area contributed by atoms with Crippen molar-refractivity contribution in [3.63, 3.8) is 0 Å². The zero-order valence-electron chi connectivity index (χ0n) is 6.75. The van der Waals surface area contributed by atoms with Gasteiger partial charge in [-0.2, -0.15) is 12.6 Å². The van der Waals surface area contributed by atoms with Crippen LogP contribution in [0.25, 0.3) is 0 Å². The molecule has 0 unspecified atom stereocenters. The van der Waals surface area contributed by atoms with E-state index in [4.69, 9.17) is 0 Å². The lowest BCUT2D eigenvalue weighted by Crippen LogP contribution is -1.86. The first-order valence-corrected chi connectivity index (χ1v) is 5.18. The molecule has 0 spiro atoms. The van der Waals surface area contributed by atoms with Gasteiger partial charge in [-0.1, -0.05) is 19.3 Å². The number of carbonyl (C=O) groups excluding carboxylic acids is 1. The van der Waals surface area contributed by atoms with Crippen LogP contribution in [0.1, 0.15) is 38.5 Å². The molecular weight excluding hydrogens is 176 g/mol. The van der Waals surface area contributed by atoms with Crippen molar-refractivity contribution in [2.45, 2.75) is 38.5 Å². The molecule has 0 saturated carbocycles. The van der Waals surface area contributed by atoms with Gasteiger partial charge in [0.2, 0.25) is 0 Å². The molecule has 0 aromatic heterocycles. The minimum absolute atomic E-state index is 0.0131. The van der Waals surface area contributed by atoms with Crippen molar-refractivity contribution < 1.29 is 4.79 Å². The Morgan fingerprint density at radius 3 is 2.09 bits per heavy atom. The minimum Gasteiger partial charge on any atom is -0.288 e. The van der Waals surface area contributed by atoms with Crippen LogP contribution in [0.15, 0.2) is 0 Å². The van der Waals surface area contributed by atoms with Crippen molar-refractivity contribution in [2.24, 2.45) is 0 Å². The van der Waals surface area contributed by atoms with E-state index in [-0.39, 0.29) is 5.12 Å². The molecule has 0 amide bonds. The molecule has 0 aliphatic heterocycles. The molecule has 0 saturated heterocycles. The molecule has 0 aromatic carbocycles. The summed E-state index contributed by atoms with van der Waals surface area (Å²) in [6.07, 6.45) is 6.43. The van der Waals surface area contributed by atoms with E-state index in [0.29, 0.717) is 6.42 Å². The molecule has 0 aromatic rings. The minimum atomic E-state index is 0.0131. The summed E-state index contributed by atoms with van der Waals surface area (Å²) in [5, 5.41) is 0.0131. The fourth-order valence-electron chi connectivity index (χ4n) is 0.918. The number of thiol groups is 2. The van der Waals surface area contributed by atoms with E-state index in [9.17, 15) is 4.79 Å². The Hall–Kier alpha value is 0.370. The van der Waals surface area contributed by atoms with Crippen LogP contribution >= 0.6 is 25.3 Å². The number of rotatable bonds is 7. The summed E-state index contributed by atoms with van der Waals surface area (Å²) < 4.78 is 0. The molecule has 0 heterocycles. The van der Waals surface area contributed by atoms with E-state index in [0.717, 1.165) is 18.6 Å². The van der Waals surface area contributed by atoms with Gasteiger partial charge in [0.05, 0.1) is 0 Å². The van der Waals surface area contributed by atoms with Crippen LogP contribution in [-0.2, 0) is 4.79 Å². The average molecular weight is 192 g/mol. The van der Waals surface area contributed by atoms with Crippen LogP contribution in [0.3, 0.4) is 0 Å². The SMILES string of the molecule is O=C(S)CCCCCCCS. The fraction of sp³-hybridized carbons (Fsp3) is 0.875. The van der Waals surface area contributed by atoms with E-state index in [1.54, 1.807) is 0 Å². The molecule has 3 heteroatoms. The van der Waals surface area contributed by atoms with Crippen LogP contribution in [0, 0.1) is 0 Å². The maximum Gasteiger partial charge on any atom is 0.185 e. The normalized spacial score (nSPS) is 10.0. The number of unbranched alkanes of at least 4 members (excludes halogenated alkanes) is 4. The highest BCUT2D eigenvalue weighted by Gasteiger charge is 1.93. The molecule has 0 rings (SSSR count). The van der Waals surface area contributed by atoms with Crippen LogP contribution < -0.4 is 0 Å². The van der Waals surface area contributed by atoms with Gasteiger partial charge in [0.25, 0.3) is 0 Å². The third kappa shape index (κ3) is 10.4. The molecular formula is C8H16OS2. The van der Waals surface area contributed by atoms with Gasteiger partial charge in [-0.3, -0.25) is 4.79 Å². The van der Waals surface area contributed by atoms with Gasteiger partial charge >= 0.3 is 0 Å². The van der Waals surface area contributed by atoms with Gasteiger partial charge in [-0.15, -0.1) is 12.6 Å². The summed E-state index contributed by atoms with van der Waals surface area (Å²) in [4.78, 5) is 10.4. The predicted molar refractivity (Wildman–Crippen MR) is 55.5 cm³/mol. The lowest BCUT2D eigenvalue weighted by molar-refractivity contribution is -0.110. The van der Waals surface area contributed by atoms with Gasteiger partial charge in [-0.25, -0.2) is 0 Å². The smallest absolute Gasteiger partial charge is 0.185 e. The summed E-state index contributed by atoms with van der Waals surface area (Å²) in [7, 11) is 0.